The van der Waals surface area contributed by atoms with Crippen molar-refractivity contribution in [2.24, 2.45) is 4.99 Å². The van der Waals surface area contributed by atoms with Gasteiger partial charge in [-0.25, -0.2) is 4.99 Å². The van der Waals surface area contributed by atoms with E-state index in [-0.39, 0.29) is 17.2 Å². The van der Waals surface area contributed by atoms with Gasteiger partial charge >= 0.3 is 0 Å². The number of carbonyl (C=O) groups excluding carboxylic acids is 1. The molecule has 1 N–H and O–H groups in total. The largest absolute Gasteiger partial charge is 0.494 e. The van der Waals surface area contributed by atoms with Crippen molar-refractivity contribution in [2.45, 2.75) is 33.7 Å². The van der Waals surface area contributed by atoms with Gasteiger partial charge in [-0.2, -0.15) is 0 Å². The molecule has 10 nitrogen and oxygen atoms in total. The fourth-order valence-electron chi connectivity index (χ4n) is 5.76. The van der Waals surface area contributed by atoms with Crippen LogP contribution in [0.25, 0.3) is 11.8 Å². The number of nitrogens with one attached hydrogen (secondary N) is 1. The van der Waals surface area contributed by atoms with Crippen LogP contribution in [0.3, 0.4) is 0 Å². The van der Waals surface area contributed by atoms with E-state index in [1.54, 1.807) is 23.6 Å². The van der Waals surface area contributed by atoms with Gasteiger partial charge in [-0.3, -0.25) is 24.3 Å². The van der Waals surface area contributed by atoms with Gasteiger partial charge in [0.25, 0.3) is 17.2 Å². The van der Waals surface area contributed by atoms with Crippen molar-refractivity contribution in [1.82, 2.24) is 9.13 Å². The normalized spacial score (nSPS) is 14.5. The molecule has 0 aliphatic carbocycles. The molecule has 3 heterocycles. The number of hydrogen-bond donors (Lipinski definition) is 1. The van der Waals surface area contributed by atoms with E-state index in [9.17, 15) is 19.7 Å². The highest BCUT2D eigenvalue weighted by molar-refractivity contribution is 7.07. The molecule has 0 bridgehead atoms. The van der Waals surface area contributed by atoms with Crippen molar-refractivity contribution in [2.75, 3.05) is 11.9 Å². The number of para-hydroxylation sites is 1. The lowest BCUT2D eigenvalue weighted by molar-refractivity contribution is -0.384. The minimum absolute atomic E-state index is 0.0155. The van der Waals surface area contributed by atoms with Crippen molar-refractivity contribution in [1.29, 1.82) is 0 Å². The summed E-state index contributed by atoms with van der Waals surface area (Å²) in [6, 6.07) is 24.2. The third kappa shape index (κ3) is 5.68. The van der Waals surface area contributed by atoms with Gasteiger partial charge in [0.2, 0.25) is 0 Å². The van der Waals surface area contributed by atoms with Crippen LogP contribution >= 0.6 is 11.3 Å². The number of rotatable bonds is 8. The molecular weight excluding hydrogens is 602 g/mol. The second-order valence-electron chi connectivity index (χ2n) is 10.8. The Morgan fingerprint density at radius 3 is 2.39 bits per heavy atom. The number of hydrogen-bond acceptors (Lipinski definition) is 7. The topological polar surface area (TPSA) is 121 Å². The maximum Gasteiger partial charge on any atom is 0.271 e. The molecule has 0 fully saturated rings. The average Bonchev–Trinajstić information content (AvgIpc) is 3.50. The van der Waals surface area contributed by atoms with Crippen molar-refractivity contribution in [3.8, 4) is 11.4 Å². The zero-order chi connectivity index (χ0) is 32.5. The molecule has 1 atom stereocenters. The number of allylic oxidation sites excluding steroid dienone is 1. The number of non-ortho nitro benzene ring substituents is 1. The van der Waals surface area contributed by atoms with Crippen molar-refractivity contribution in [3.63, 3.8) is 0 Å². The number of carbonyl (C=O) groups is 1. The number of aromatic nitrogens is 2. The molecule has 3 aromatic carbocycles. The smallest absolute Gasteiger partial charge is 0.271 e. The number of fused-ring (bicyclic) bond motifs is 1. The highest BCUT2D eigenvalue weighted by atomic mass is 32.1. The molecule has 1 amide bonds. The molecule has 1 aliphatic rings. The number of nitro groups is 1. The molecule has 0 saturated heterocycles. The fourth-order valence-corrected chi connectivity index (χ4v) is 6.79. The maximum atomic E-state index is 14.2. The predicted octanol–water partition coefficient (Wildman–Crippen LogP) is 5.59. The molecule has 5 aromatic rings. The predicted molar refractivity (Wildman–Crippen MR) is 178 cm³/mol. The highest BCUT2D eigenvalue weighted by Gasteiger charge is 2.32. The molecule has 0 unspecified atom stereocenters. The highest BCUT2D eigenvalue weighted by Crippen LogP contribution is 2.32. The lowest BCUT2D eigenvalue weighted by Gasteiger charge is -2.25. The van der Waals surface area contributed by atoms with E-state index in [4.69, 9.17) is 9.73 Å². The molecular formula is C35H31N5O5S. The standard InChI is InChI=1S/C35H31N5O5S/c1-5-45-29-17-11-24(12-18-29)32-31(33(41)37-26-9-7-6-8-10-26)22(3)36-35-39(32)34(42)30(46-35)20-25-19-21(2)38(23(25)4)27-13-15-28(16-14-27)40(43)44/h6-20,32H,5H2,1-4H3,(H,37,41)/b30-20-/t32-/m0/s1. The first kappa shape index (κ1) is 30.5. The van der Waals surface area contributed by atoms with Crippen LogP contribution in [0, 0.1) is 24.0 Å². The summed E-state index contributed by atoms with van der Waals surface area (Å²) in [6.45, 7) is 8.10. The molecule has 1 aliphatic heterocycles. The lowest BCUT2D eigenvalue weighted by Crippen LogP contribution is -2.40. The van der Waals surface area contributed by atoms with E-state index >= 15 is 0 Å². The van der Waals surface area contributed by atoms with Crippen LogP contribution in [0.4, 0.5) is 11.4 Å². The van der Waals surface area contributed by atoms with E-state index in [1.807, 2.05) is 92.1 Å². The Morgan fingerprint density at radius 1 is 1.04 bits per heavy atom. The van der Waals surface area contributed by atoms with Crippen LogP contribution in [0.2, 0.25) is 0 Å². The summed E-state index contributed by atoms with van der Waals surface area (Å²) in [5, 5.41) is 14.1. The summed E-state index contributed by atoms with van der Waals surface area (Å²) in [5.41, 5.74) is 5.44. The summed E-state index contributed by atoms with van der Waals surface area (Å²) in [6.07, 6.45) is 1.84. The molecule has 46 heavy (non-hydrogen) atoms. The minimum atomic E-state index is -0.717. The maximum absolute atomic E-state index is 14.2. The Bertz CT molecular complexity index is 2180. The van der Waals surface area contributed by atoms with Crippen molar-refractivity contribution in [3.05, 3.63) is 149 Å². The molecule has 0 saturated carbocycles. The number of nitro benzene ring substituents is 1. The second kappa shape index (κ2) is 12.4. The number of benzene rings is 3. The SMILES string of the molecule is CCOc1ccc([C@H]2C(C(=O)Nc3ccccc3)=C(C)N=c3s/c(=C\c4cc(C)n(-c5ccc([N+](=O)[O-])cc5)c4C)c(=O)n32)cc1. The lowest BCUT2D eigenvalue weighted by atomic mass is 9.95. The molecule has 11 heteroatoms. The summed E-state index contributed by atoms with van der Waals surface area (Å²) in [5.74, 6) is 0.352. The number of nitrogens with zero attached hydrogens (tertiary/aromatic N) is 4. The Kier molecular flexibility index (Phi) is 8.25. The van der Waals surface area contributed by atoms with Crippen molar-refractivity contribution < 1.29 is 14.5 Å². The molecule has 6 rings (SSSR count). The van der Waals surface area contributed by atoms with E-state index in [0.717, 1.165) is 28.2 Å². The Hall–Kier alpha value is -5.55. The zero-order valence-electron chi connectivity index (χ0n) is 25.7. The molecule has 2 aromatic heterocycles. The van der Waals surface area contributed by atoms with Gasteiger partial charge in [0.1, 0.15) is 5.75 Å². The van der Waals surface area contributed by atoms with Crippen LogP contribution in [0.5, 0.6) is 5.75 Å². The van der Waals surface area contributed by atoms with Gasteiger partial charge in [-0.1, -0.05) is 41.7 Å². The molecule has 232 valence electrons. The van der Waals surface area contributed by atoms with E-state index in [1.165, 1.54) is 23.5 Å². The summed E-state index contributed by atoms with van der Waals surface area (Å²) < 4.78 is 9.70. The summed E-state index contributed by atoms with van der Waals surface area (Å²) >= 11 is 1.27. The van der Waals surface area contributed by atoms with Gasteiger partial charge < -0.3 is 14.6 Å². The Morgan fingerprint density at radius 2 is 1.74 bits per heavy atom. The first-order chi connectivity index (χ1) is 22.2. The number of aryl methyl sites for hydroxylation is 1. The quantitative estimate of drug-likeness (QED) is 0.177. The first-order valence-corrected chi connectivity index (χ1v) is 15.5. The second-order valence-corrected chi connectivity index (χ2v) is 11.8. The molecule has 0 radical (unpaired) electrons. The zero-order valence-corrected chi connectivity index (χ0v) is 26.5. The average molecular weight is 634 g/mol. The van der Waals surface area contributed by atoms with Crippen LogP contribution in [0.15, 0.2) is 106 Å². The van der Waals surface area contributed by atoms with Crippen molar-refractivity contribution >= 4 is 34.7 Å². The van der Waals surface area contributed by atoms with E-state index in [0.29, 0.717) is 38.6 Å². The van der Waals surface area contributed by atoms with Crippen LogP contribution in [0.1, 0.15) is 42.4 Å². The fraction of sp³-hybridized carbons (Fsp3) is 0.171. The third-order valence-corrected chi connectivity index (χ3v) is 8.86. The van der Waals surface area contributed by atoms with Gasteiger partial charge in [-0.15, -0.1) is 0 Å². The van der Waals surface area contributed by atoms with E-state index < -0.39 is 11.0 Å². The Balaban J connectivity index is 1.46. The van der Waals surface area contributed by atoms with Gasteiger partial charge in [0.15, 0.2) is 4.80 Å². The number of ether oxygens (including phenoxy) is 1. The van der Waals surface area contributed by atoms with E-state index in [2.05, 4.69) is 5.32 Å². The summed E-state index contributed by atoms with van der Waals surface area (Å²) in [4.78, 5) is 44.0. The van der Waals surface area contributed by atoms with Crippen LogP contribution < -0.4 is 24.9 Å². The summed E-state index contributed by atoms with van der Waals surface area (Å²) in [7, 11) is 0. The number of amides is 1. The van der Waals surface area contributed by atoms with Gasteiger partial charge in [0.05, 0.1) is 33.4 Å². The number of anilines is 1. The Labute approximate surface area is 268 Å². The van der Waals surface area contributed by atoms with Crippen LogP contribution in [-0.2, 0) is 4.79 Å². The van der Waals surface area contributed by atoms with Gasteiger partial charge in [0, 0.05) is 34.9 Å². The van der Waals surface area contributed by atoms with Gasteiger partial charge in [-0.05, 0) is 87.4 Å². The third-order valence-electron chi connectivity index (χ3n) is 7.88. The monoisotopic (exact) mass is 633 g/mol. The first-order valence-electron chi connectivity index (χ1n) is 14.7. The molecule has 0 spiro atoms. The number of thiazole rings is 1. The minimum Gasteiger partial charge on any atom is -0.494 e. The van der Waals surface area contributed by atoms with Crippen LogP contribution in [-0.4, -0.2) is 26.6 Å².